The van der Waals surface area contributed by atoms with Crippen LogP contribution in [0.1, 0.15) is 44.6 Å². The molecule has 2 fully saturated rings. The first kappa shape index (κ1) is 20.7. The van der Waals surface area contributed by atoms with E-state index < -0.39 is 20.2 Å². The third-order valence-electron chi connectivity index (χ3n) is 5.29. The zero-order chi connectivity index (χ0) is 19.5. The Kier molecular flexibility index (Phi) is 6.58. The predicted octanol–water partition coefficient (Wildman–Crippen LogP) is 1.93. The summed E-state index contributed by atoms with van der Waals surface area (Å²) in [5.41, 5.74) is 0.737. The third-order valence-corrected chi connectivity index (χ3v) is 8.73. The molecule has 0 amide bonds. The van der Waals surface area contributed by atoms with Crippen LogP contribution < -0.4 is 4.72 Å². The summed E-state index contributed by atoms with van der Waals surface area (Å²) < 4.78 is 55.9. The number of hydrogen-bond acceptors (Lipinski definition) is 4. The van der Waals surface area contributed by atoms with Crippen molar-refractivity contribution in [3.63, 3.8) is 0 Å². The Bertz CT molecular complexity index is 832. The van der Waals surface area contributed by atoms with Gasteiger partial charge in [0.25, 0.3) is 10.2 Å². The molecule has 3 rings (SSSR count). The third kappa shape index (κ3) is 5.08. The second-order valence-corrected chi connectivity index (χ2v) is 11.2. The number of benzene rings is 1. The van der Waals surface area contributed by atoms with Crippen molar-refractivity contribution in [3.05, 3.63) is 29.8 Å². The zero-order valence-corrected chi connectivity index (χ0v) is 17.4. The molecule has 0 spiro atoms. The molecule has 0 aliphatic carbocycles. The highest BCUT2D eigenvalue weighted by atomic mass is 32.2. The normalized spacial score (nSPS) is 23.4. The fourth-order valence-electron chi connectivity index (χ4n) is 3.66. The number of piperidine rings is 2. The minimum Gasteiger partial charge on any atom is -0.207 e. The fraction of sp³-hybridized carbons (Fsp3) is 0.667. The second kappa shape index (κ2) is 8.57. The molecule has 0 radical (unpaired) electrons. The van der Waals surface area contributed by atoms with Crippen LogP contribution in [0.4, 0.5) is 0 Å². The summed E-state index contributed by atoms with van der Waals surface area (Å²) in [4.78, 5) is 0.265. The standard InChI is InChI=1S/C18H29N3O4S2/c1-16-6-5-13-21(15-16)27(24,25)19-14-17-7-9-18(10-8-17)26(22,23)20-11-3-2-4-12-20/h7-10,16,19H,2-6,11-15H2,1H3. The summed E-state index contributed by atoms with van der Waals surface area (Å²) in [6.07, 6.45) is 4.80. The van der Waals surface area contributed by atoms with E-state index in [9.17, 15) is 16.8 Å². The summed E-state index contributed by atoms with van der Waals surface area (Å²) in [6, 6.07) is 6.49. The van der Waals surface area contributed by atoms with Gasteiger partial charge in [0.1, 0.15) is 0 Å². The van der Waals surface area contributed by atoms with Crippen molar-refractivity contribution in [2.75, 3.05) is 26.2 Å². The molecule has 2 aliphatic heterocycles. The molecule has 152 valence electrons. The first-order valence-corrected chi connectivity index (χ1v) is 12.5. The number of rotatable bonds is 6. The lowest BCUT2D eigenvalue weighted by atomic mass is 10.0. The molecule has 1 aromatic carbocycles. The smallest absolute Gasteiger partial charge is 0.207 e. The van der Waals surface area contributed by atoms with Crippen LogP contribution in [0.3, 0.4) is 0 Å². The average Bonchev–Trinajstić information content (AvgIpc) is 2.67. The molecule has 2 saturated heterocycles. The molecule has 27 heavy (non-hydrogen) atoms. The van der Waals surface area contributed by atoms with Gasteiger partial charge in [0.05, 0.1) is 4.90 Å². The molecule has 0 bridgehead atoms. The fourth-order valence-corrected chi connectivity index (χ4v) is 6.53. The monoisotopic (exact) mass is 415 g/mol. The quantitative estimate of drug-likeness (QED) is 0.769. The largest absolute Gasteiger partial charge is 0.279 e. The van der Waals surface area contributed by atoms with Gasteiger partial charge in [-0.25, -0.2) is 8.42 Å². The molecule has 2 heterocycles. The van der Waals surface area contributed by atoms with Gasteiger partial charge < -0.3 is 0 Å². The SMILES string of the molecule is CC1CCCN(S(=O)(=O)NCc2ccc(S(=O)(=O)N3CCCCC3)cc2)C1. The first-order valence-electron chi connectivity index (χ1n) is 9.63. The number of nitrogens with zero attached hydrogens (tertiary/aromatic N) is 2. The van der Waals surface area contributed by atoms with E-state index in [1.165, 1.54) is 8.61 Å². The van der Waals surface area contributed by atoms with Crippen molar-refractivity contribution in [2.24, 2.45) is 5.92 Å². The predicted molar refractivity (Wildman–Crippen MR) is 105 cm³/mol. The van der Waals surface area contributed by atoms with Crippen LogP contribution in [0.15, 0.2) is 29.2 Å². The molecule has 1 aromatic rings. The van der Waals surface area contributed by atoms with E-state index in [1.807, 2.05) is 0 Å². The molecule has 2 aliphatic rings. The van der Waals surface area contributed by atoms with Crippen molar-refractivity contribution < 1.29 is 16.8 Å². The number of hydrogen-bond donors (Lipinski definition) is 1. The highest BCUT2D eigenvalue weighted by molar-refractivity contribution is 7.89. The minimum absolute atomic E-state index is 0.150. The van der Waals surface area contributed by atoms with E-state index in [1.54, 1.807) is 24.3 Å². The van der Waals surface area contributed by atoms with Crippen molar-refractivity contribution in [1.82, 2.24) is 13.3 Å². The van der Waals surface area contributed by atoms with E-state index in [4.69, 9.17) is 0 Å². The Hall–Kier alpha value is -1.00. The molecule has 7 nitrogen and oxygen atoms in total. The van der Waals surface area contributed by atoms with Gasteiger partial charge in [0, 0.05) is 32.7 Å². The van der Waals surface area contributed by atoms with E-state index in [2.05, 4.69) is 11.6 Å². The van der Waals surface area contributed by atoms with Crippen LogP contribution in [-0.2, 0) is 26.8 Å². The van der Waals surface area contributed by atoms with Gasteiger partial charge in [0.15, 0.2) is 0 Å². The number of nitrogens with one attached hydrogen (secondary N) is 1. The van der Waals surface area contributed by atoms with Crippen LogP contribution in [0.5, 0.6) is 0 Å². The van der Waals surface area contributed by atoms with Crippen molar-refractivity contribution in [3.8, 4) is 0 Å². The lowest BCUT2D eigenvalue weighted by molar-refractivity contribution is 0.278. The summed E-state index contributed by atoms with van der Waals surface area (Å²) in [7, 11) is -6.97. The van der Waals surface area contributed by atoms with E-state index in [0.717, 1.165) is 37.7 Å². The van der Waals surface area contributed by atoms with Crippen molar-refractivity contribution >= 4 is 20.2 Å². The van der Waals surface area contributed by atoms with E-state index in [-0.39, 0.29) is 11.4 Å². The van der Waals surface area contributed by atoms with Crippen LogP contribution in [-0.4, -0.2) is 51.6 Å². The molecule has 1 atom stereocenters. The molecular formula is C18H29N3O4S2. The van der Waals surface area contributed by atoms with E-state index >= 15 is 0 Å². The Morgan fingerprint density at radius 2 is 1.56 bits per heavy atom. The maximum absolute atomic E-state index is 12.7. The molecule has 0 saturated carbocycles. The van der Waals surface area contributed by atoms with Crippen LogP contribution in [0.2, 0.25) is 0 Å². The Labute approximate surface area is 163 Å². The highest BCUT2D eigenvalue weighted by Gasteiger charge is 2.27. The summed E-state index contributed by atoms with van der Waals surface area (Å²) in [5, 5.41) is 0. The maximum Gasteiger partial charge on any atom is 0.279 e. The van der Waals surface area contributed by atoms with Crippen LogP contribution >= 0.6 is 0 Å². The molecule has 1 N–H and O–H groups in total. The van der Waals surface area contributed by atoms with Gasteiger partial charge in [-0.15, -0.1) is 0 Å². The Morgan fingerprint density at radius 1 is 0.926 bits per heavy atom. The van der Waals surface area contributed by atoms with Gasteiger partial charge in [0.2, 0.25) is 10.0 Å². The lowest BCUT2D eigenvalue weighted by Crippen LogP contribution is -2.45. The van der Waals surface area contributed by atoms with Gasteiger partial charge >= 0.3 is 0 Å². The second-order valence-electron chi connectivity index (χ2n) is 7.54. The highest BCUT2D eigenvalue weighted by Crippen LogP contribution is 2.21. The first-order chi connectivity index (χ1) is 12.8. The maximum atomic E-state index is 12.7. The van der Waals surface area contributed by atoms with Gasteiger partial charge in [-0.05, 0) is 49.3 Å². The molecule has 1 unspecified atom stereocenters. The summed E-state index contributed by atoms with van der Waals surface area (Å²) in [5.74, 6) is 0.370. The van der Waals surface area contributed by atoms with Crippen molar-refractivity contribution in [1.29, 1.82) is 0 Å². The summed E-state index contributed by atoms with van der Waals surface area (Å²) >= 11 is 0. The van der Waals surface area contributed by atoms with Crippen molar-refractivity contribution in [2.45, 2.75) is 50.5 Å². The van der Waals surface area contributed by atoms with Gasteiger partial charge in [-0.2, -0.15) is 21.8 Å². The zero-order valence-electron chi connectivity index (χ0n) is 15.8. The lowest BCUT2D eigenvalue weighted by Gasteiger charge is -2.30. The Morgan fingerprint density at radius 3 is 2.19 bits per heavy atom. The van der Waals surface area contributed by atoms with Crippen LogP contribution in [0.25, 0.3) is 0 Å². The average molecular weight is 416 g/mol. The number of sulfonamides is 1. The summed E-state index contributed by atoms with van der Waals surface area (Å²) in [6.45, 7) is 4.44. The molecule has 9 heteroatoms. The minimum atomic E-state index is -3.51. The topological polar surface area (TPSA) is 86.8 Å². The molecule has 0 aromatic heterocycles. The van der Waals surface area contributed by atoms with E-state index in [0.29, 0.717) is 32.1 Å². The van der Waals surface area contributed by atoms with Gasteiger partial charge in [-0.1, -0.05) is 25.5 Å². The molecular weight excluding hydrogens is 386 g/mol. The van der Waals surface area contributed by atoms with Gasteiger partial charge in [-0.3, -0.25) is 0 Å². The van der Waals surface area contributed by atoms with Crippen LogP contribution in [0, 0.1) is 5.92 Å². The Balaban J connectivity index is 1.62.